The van der Waals surface area contributed by atoms with Crippen molar-refractivity contribution in [2.75, 3.05) is 11.9 Å². The van der Waals surface area contributed by atoms with Crippen LogP contribution in [0.1, 0.15) is 6.92 Å². The number of aromatic nitrogens is 2. The molecule has 0 radical (unpaired) electrons. The van der Waals surface area contributed by atoms with Gasteiger partial charge in [0.15, 0.2) is 0 Å². The van der Waals surface area contributed by atoms with E-state index in [4.69, 9.17) is 0 Å². The number of hydrogen-bond acceptors (Lipinski definition) is 4. The summed E-state index contributed by atoms with van der Waals surface area (Å²) in [6.45, 7) is 2.88. The molecule has 0 aliphatic heterocycles. The average Bonchev–Trinajstić information content (AvgIpc) is 2.36. The molecule has 0 fully saturated rings. The molecule has 0 spiro atoms. The number of hydrogen-bond donors (Lipinski definition) is 1. The van der Waals surface area contributed by atoms with Crippen molar-refractivity contribution in [1.82, 2.24) is 9.97 Å². The summed E-state index contributed by atoms with van der Waals surface area (Å²) in [7, 11) is 0. The van der Waals surface area contributed by atoms with Crippen LogP contribution < -0.4 is 5.32 Å². The van der Waals surface area contributed by atoms with Gasteiger partial charge in [0.05, 0.1) is 4.47 Å². The van der Waals surface area contributed by atoms with Gasteiger partial charge in [0.2, 0.25) is 0 Å². The normalized spacial score (nSPS) is 10.2. The molecule has 0 aliphatic carbocycles. The van der Waals surface area contributed by atoms with Gasteiger partial charge >= 0.3 is 0 Å². The minimum absolute atomic E-state index is 0.834. The molecular formula is C12H12BrN3S. The van der Waals surface area contributed by atoms with Crippen molar-refractivity contribution < 1.29 is 0 Å². The third kappa shape index (κ3) is 3.20. The van der Waals surface area contributed by atoms with Gasteiger partial charge in [-0.3, -0.25) is 0 Å². The van der Waals surface area contributed by atoms with Gasteiger partial charge in [0.25, 0.3) is 0 Å². The summed E-state index contributed by atoms with van der Waals surface area (Å²) in [6.07, 6.45) is 1.58. The first-order valence-electron chi connectivity index (χ1n) is 5.28. The summed E-state index contributed by atoms with van der Waals surface area (Å²) in [6, 6.07) is 10.2. The maximum Gasteiger partial charge on any atom is 0.144 e. The highest BCUT2D eigenvalue weighted by Crippen LogP contribution is 2.34. The Labute approximate surface area is 113 Å². The molecule has 2 rings (SSSR count). The Morgan fingerprint density at radius 2 is 2.00 bits per heavy atom. The van der Waals surface area contributed by atoms with E-state index >= 15 is 0 Å². The van der Waals surface area contributed by atoms with Crippen LogP contribution in [0.3, 0.4) is 0 Å². The van der Waals surface area contributed by atoms with Gasteiger partial charge in [0.1, 0.15) is 17.2 Å². The number of halogens is 1. The molecule has 88 valence electrons. The van der Waals surface area contributed by atoms with E-state index in [9.17, 15) is 0 Å². The first kappa shape index (κ1) is 12.4. The van der Waals surface area contributed by atoms with Crippen LogP contribution in [0.15, 0.2) is 51.1 Å². The lowest BCUT2D eigenvalue weighted by molar-refractivity contribution is 1.01. The maximum absolute atomic E-state index is 4.28. The minimum Gasteiger partial charge on any atom is -0.369 e. The maximum atomic E-state index is 4.28. The predicted molar refractivity (Wildman–Crippen MR) is 74.5 cm³/mol. The lowest BCUT2D eigenvalue weighted by atomic mass is 10.4. The highest BCUT2D eigenvalue weighted by molar-refractivity contribution is 9.10. The topological polar surface area (TPSA) is 37.8 Å². The molecule has 2 aromatic rings. The SMILES string of the molecule is CCNc1ncnc(Sc2ccccc2)c1Br. The smallest absolute Gasteiger partial charge is 0.144 e. The number of nitrogens with zero attached hydrogens (tertiary/aromatic N) is 2. The second kappa shape index (κ2) is 6.02. The van der Waals surface area contributed by atoms with Crippen molar-refractivity contribution in [1.29, 1.82) is 0 Å². The van der Waals surface area contributed by atoms with Gasteiger partial charge in [-0.05, 0) is 35.0 Å². The van der Waals surface area contributed by atoms with Crippen LogP contribution >= 0.6 is 27.7 Å². The summed E-state index contributed by atoms with van der Waals surface area (Å²) in [5.41, 5.74) is 0. The molecule has 0 saturated heterocycles. The average molecular weight is 310 g/mol. The van der Waals surface area contributed by atoms with Gasteiger partial charge in [0, 0.05) is 11.4 Å². The Kier molecular flexibility index (Phi) is 4.39. The van der Waals surface area contributed by atoms with Crippen molar-refractivity contribution in [3.63, 3.8) is 0 Å². The molecule has 0 amide bonds. The fourth-order valence-electron chi connectivity index (χ4n) is 1.32. The van der Waals surface area contributed by atoms with E-state index < -0.39 is 0 Å². The molecule has 1 aromatic carbocycles. The number of nitrogens with one attached hydrogen (secondary N) is 1. The first-order chi connectivity index (χ1) is 8.31. The highest BCUT2D eigenvalue weighted by Gasteiger charge is 2.09. The van der Waals surface area contributed by atoms with Crippen LogP contribution in [-0.4, -0.2) is 16.5 Å². The van der Waals surface area contributed by atoms with E-state index in [-0.39, 0.29) is 0 Å². The van der Waals surface area contributed by atoms with Crippen LogP contribution in [-0.2, 0) is 0 Å². The van der Waals surface area contributed by atoms with E-state index in [1.54, 1.807) is 18.1 Å². The summed E-state index contributed by atoms with van der Waals surface area (Å²) in [4.78, 5) is 9.63. The zero-order valence-corrected chi connectivity index (χ0v) is 11.8. The fraction of sp³-hybridized carbons (Fsp3) is 0.167. The molecule has 0 saturated carbocycles. The van der Waals surface area contributed by atoms with Crippen LogP contribution in [0.2, 0.25) is 0 Å². The van der Waals surface area contributed by atoms with E-state index in [1.807, 2.05) is 25.1 Å². The monoisotopic (exact) mass is 309 g/mol. The second-order valence-electron chi connectivity index (χ2n) is 3.29. The van der Waals surface area contributed by atoms with Gasteiger partial charge in [-0.15, -0.1) is 0 Å². The predicted octanol–water partition coefficient (Wildman–Crippen LogP) is 3.82. The molecule has 1 aromatic heterocycles. The van der Waals surface area contributed by atoms with Crippen molar-refractivity contribution in [2.24, 2.45) is 0 Å². The number of anilines is 1. The molecule has 0 aliphatic rings. The Morgan fingerprint density at radius 1 is 1.24 bits per heavy atom. The summed E-state index contributed by atoms with van der Waals surface area (Å²) in [5, 5.41) is 4.11. The standard InChI is InChI=1S/C12H12BrN3S/c1-2-14-11-10(13)12(16-8-15-11)17-9-6-4-3-5-7-9/h3-8H,2H2,1H3,(H,14,15,16). The van der Waals surface area contributed by atoms with Gasteiger partial charge in [-0.25, -0.2) is 9.97 Å². The zero-order valence-electron chi connectivity index (χ0n) is 9.35. The molecule has 1 N–H and O–H groups in total. The summed E-state index contributed by atoms with van der Waals surface area (Å²) in [5.74, 6) is 0.834. The van der Waals surface area contributed by atoms with E-state index in [1.165, 1.54) is 0 Å². The van der Waals surface area contributed by atoms with Gasteiger partial charge < -0.3 is 5.32 Å². The Hall–Kier alpha value is -1.07. The zero-order chi connectivity index (χ0) is 12.1. The van der Waals surface area contributed by atoms with Crippen molar-refractivity contribution in [2.45, 2.75) is 16.8 Å². The first-order valence-corrected chi connectivity index (χ1v) is 6.89. The Balaban J connectivity index is 2.24. The highest BCUT2D eigenvalue weighted by atomic mass is 79.9. The van der Waals surface area contributed by atoms with Crippen LogP contribution in [0.4, 0.5) is 5.82 Å². The lowest BCUT2D eigenvalue weighted by Crippen LogP contribution is -2.01. The van der Waals surface area contributed by atoms with Crippen LogP contribution in [0.25, 0.3) is 0 Å². The van der Waals surface area contributed by atoms with Crippen LogP contribution in [0, 0.1) is 0 Å². The summed E-state index contributed by atoms with van der Waals surface area (Å²) < 4.78 is 0.913. The summed E-state index contributed by atoms with van der Waals surface area (Å²) >= 11 is 5.15. The molecule has 0 atom stereocenters. The van der Waals surface area contributed by atoms with Gasteiger partial charge in [-0.1, -0.05) is 30.0 Å². The molecule has 3 nitrogen and oxygen atoms in total. The Morgan fingerprint density at radius 3 is 2.71 bits per heavy atom. The molecule has 17 heavy (non-hydrogen) atoms. The van der Waals surface area contributed by atoms with Gasteiger partial charge in [-0.2, -0.15) is 0 Å². The van der Waals surface area contributed by atoms with Crippen molar-refractivity contribution in [3.05, 3.63) is 41.1 Å². The molecule has 1 heterocycles. The third-order valence-electron chi connectivity index (χ3n) is 2.06. The van der Waals surface area contributed by atoms with E-state index in [0.717, 1.165) is 26.8 Å². The van der Waals surface area contributed by atoms with Crippen LogP contribution in [0.5, 0.6) is 0 Å². The number of rotatable bonds is 4. The molecule has 0 bridgehead atoms. The minimum atomic E-state index is 0.834. The second-order valence-corrected chi connectivity index (χ2v) is 5.14. The van der Waals surface area contributed by atoms with Crippen molar-refractivity contribution >= 4 is 33.5 Å². The van der Waals surface area contributed by atoms with E-state index in [0.29, 0.717) is 0 Å². The third-order valence-corrected chi connectivity index (χ3v) is 4.08. The molecule has 0 unspecified atom stereocenters. The van der Waals surface area contributed by atoms with E-state index in [2.05, 4.69) is 43.3 Å². The lowest BCUT2D eigenvalue weighted by Gasteiger charge is -2.08. The van der Waals surface area contributed by atoms with Crippen molar-refractivity contribution in [3.8, 4) is 0 Å². The molecule has 5 heteroatoms. The quantitative estimate of drug-likeness (QED) is 0.871. The molecular weight excluding hydrogens is 298 g/mol. The Bertz CT molecular complexity index is 490. The fourth-order valence-corrected chi connectivity index (χ4v) is 2.71. The largest absolute Gasteiger partial charge is 0.369 e. The number of benzene rings is 1.